The number of amides is 1. The third-order valence-electron chi connectivity index (χ3n) is 2.72. The average Bonchev–Trinajstić information content (AvgIpc) is 2.87. The molecule has 0 saturated heterocycles. The molecule has 2 aromatic heterocycles. The van der Waals surface area contributed by atoms with Crippen molar-refractivity contribution in [3.05, 3.63) is 57.9 Å². The van der Waals surface area contributed by atoms with Crippen molar-refractivity contribution in [2.24, 2.45) is 0 Å². The Bertz CT molecular complexity index is 785. The summed E-state index contributed by atoms with van der Waals surface area (Å²) in [4.78, 5) is 16.4. The molecule has 0 atom stereocenters. The van der Waals surface area contributed by atoms with Crippen LogP contribution in [0, 0.1) is 5.82 Å². The molecule has 2 heterocycles. The lowest BCUT2D eigenvalue weighted by Gasteiger charge is -2.02. The summed E-state index contributed by atoms with van der Waals surface area (Å²) in [6, 6.07) is 8.80. The minimum absolute atomic E-state index is 0.257. The molecule has 0 spiro atoms. The highest BCUT2D eigenvalue weighted by molar-refractivity contribution is 9.10. The van der Waals surface area contributed by atoms with Crippen molar-refractivity contribution in [2.75, 3.05) is 5.32 Å². The summed E-state index contributed by atoms with van der Waals surface area (Å²) in [7, 11) is 0. The number of thiophene rings is 1. The highest BCUT2D eigenvalue weighted by atomic mass is 79.9. The molecule has 0 saturated carbocycles. The van der Waals surface area contributed by atoms with Crippen LogP contribution in [0.5, 0.6) is 0 Å². The molecule has 3 nitrogen and oxygen atoms in total. The number of nitrogens with one attached hydrogen (secondary N) is 1. The number of nitrogens with zero attached hydrogens (tertiary/aromatic N) is 1. The Balaban J connectivity index is 1.89. The predicted molar refractivity (Wildman–Crippen MR) is 81.7 cm³/mol. The van der Waals surface area contributed by atoms with Gasteiger partial charge < -0.3 is 5.32 Å². The van der Waals surface area contributed by atoms with Crippen LogP contribution in [0.3, 0.4) is 0 Å². The van der Waals surface area contributed by atoms with Gasteiger partial charge in [0.05, 0.1) is 15.8 Å². The summed E-state index contributed by atoms with van der Waals surface area (Å²) in [5, 5.41) is 3.20. The number of fused-ring (bicyclic) bond motifs is 1. The molecule has 0 radical (unpaired) electrons. The second-order valence-corrected chi connectivity index (χ2v) is 6.10. The number of carbonyl (C=O) groups is 1. The summed E-state index contributed by atoms with van der Waals surface area (Å²) in [6.45, 7) is 0. The van der Waals surface area contributed by atoms with Gasteiger partial charge in [-0.2, -0.15) is 0 Å². The van der Waals surface area contributed by atoms with Crippen LogP contribution in [0.2, 0.25) is 0 Å². The molecule has 20 heavy (non-hydrogen) atoms. The number of benzene rings is 1. The molecule has 3 aromatic rings. The molecule has 0 aliphatic rings. The quantitative estimate of drug-likeness (QED) is 0.741. The first-order valence-electron chi connectivity index (χ1n) is 5.73. The minimum Gasteiger partial charge on any atom is -0.321 e. The van der Waals surface area contributed by atoms with Crippen LogP contribution in [0.4, 0.5) is 10.1 Å². The van der Waals surface area contributed by atoms with Crippen molar-refractivity contribution < 1.29 is 9.18 Å². The standard InChI is InChI=1S/C14H8BrFN2OS/c15-8-1-3-9(4-2-8)18-14(19)12-5-10-11(16)6-17-7-13(10)20-12/h1-7H,(H,18,19). The Morgan fingerprint density at radius 1 is 1.25 bits per heavy atom. The lowest BCUT2D eigenvalue weighted by atomic mass is 10.3. The summed E-state index contributed by atoms with van der Waals surface area (Å²) in [5.74, 6) is -0.672. The van der Waals surface area contributed by atoms with Crippen molar-refractivity contribution >= 4 is 48.9 Å². The van der Waals surface area contributed by atoms with Crippen molar-refractivity contribution in [1.82, 2.24) is 4.98 Å². The normalized spacial score (nSPS) is 10.7. The van der Waals surface area contributed by atoms with Crippen LogP contribution < -0.4 is 5.32 Å². The molecule has 0 aliphatic heterocycles. The van der Waals surface area contributed by atoms with E-state index in [1.807, 2.05) is 12.1 Å². The van der Waals surface area contributed by atoms with Crippen LogP contribution in [-0.4, -0.2) is 10.9 Å². The first kappa shape index (κ1) is 13.2. The summed E-state index contributed by atoms with van der Waals surface area (Å²) >= 11 is 4.55. The molecule has 0 bridgehead atoms. The maximum Gasteiger partial charge on any atom is 0.265 e. The number of pyridine rings is 1. The lowest BCUT2D eigenvalue weighted by Crippen LogP contribution is -2.09. The van der Waals surface area contributed by atoms with Gasteiger partial charge in [0.2, 0.25) is 0 Å². The molecule has 0 fully saturated rings. The Morgan fingerprint density at radius 2 is 2.00 bits per heavy atom. The maximum absolute atomic E-state index is 13.5. The molecule has 100 valence electrons. The molecule has 1 N–H and O–H groups in total. The minimum atomic E-state index is -0.415. The third kappa shape index (κ3) is 2.57. The number of carbonyl (C=O) groups excluding carboxylic acids is 1. The van der Waals surface area contributed by atoms with E-state index in [0.29, 0.717) is 20.7 Å². The van der Waals surface area contributed by atoms with E-state index in [1.54, 1.807) is 24.4 Å². The van der Waals surface area contributed by atoms with Crippen molar-refractivity contribution in [3.8, 4) is 0 Å². The predicted octanol–water partition coefficient (Wildman–Crippen LogP) is 4.45. The van der Waals surface area contributed by atoms with E-state index < -0.39 is 5.82 Å². The van der Waals surface area contributed by atoms with Gasteiger partial charge in [0.25, 0.3) is 5.91 Å². The zero-order chi connectivity index (χ0) is 14.1. The number of halogens is 2. The van der Waals surface area contributed by atoms with Gasteiger partial charge in [-0.3, -0.25) is 9.78 Å². The van der Waals surface area contributed by atoms with E-state index in [0.717, 1.165) is 10.7 Å². The van der Waals surface area contributed by atoms with Gasteiger partial charge in [0.1, 0.15) is 5.82 Å². The van der Waals surface area contributed by atoms with Gasteiger partial charge >= 0.3 is 0 Å². The molecule has 1 amide bonds. The van der Waals surface area contributed by atoms with Crippen LogP contribution >= 0.6 is 27.3 Å². The first-order valence-corrected chi connectivity index (χ1v) is 7.34. The van der Waals surface area contributed by atoms with E-state index in [2.05, 4.69) is 26.2 Å². The molecule has 1 aromatic carbocycles. The third-order valence-corrected chi connectivity index (χ3v) is 4.32. The van der Waals surface area contributed by atoms with Crippen molar-refractivity contribution in [3.63, 3.8) is 0 Å². The topological polar surface area (TPSA) is 42.0 Å². The molecule has 0 unspecified atom stereocenters. The Labute approximate surface area is 126 Å². The number of hydrogen-bond donors (Lipinski definition) is 1. The SMILES string of the molecule is O=C(Nc1ccc(Br)cc1)c1cc2c(F)cncc2s1. The Hall–Kier alpha value is -1.79. The zero-order valence-corrected chi connectivity index (χ0v) is 12.5. The summed E-state index contributed by atoms with van der Waals surface area (Å²) in [5.41, 5.74) is 0.689. The fraction of sp³-hybridized carbons (Fsp3) is 0. The average molecular weight is 351 g/mol. The summed E-state index contributed by atoms with van der Waals surface area (Å²) in [6.07, 6.45) is 2.70. The van der Waals surface area contributed by atoms with Gasteiger partial charge in [0, 0.05) is 21.7 Å². The number of anilines is 1. The molecule has 3 rings (SSSR count). The van der Waals surface area contributed by atoms with Gasteiger partial charge in [-0.05, 0) is 30.3 Å². The van der Waals surface area contributed by atoms with E-state index in [-0.39, 0.29) is 5.91 Å². The Morgan fingerprint density at radius 3 is 2.70 bits per heavy atom. The number of aromatic nitrogens is 1. The highest BCUT2D eigenvalue weighted by Crippen LogP contribution is 2.27. The van der Waals surface area contributed by atoms with Crippen LogP contribution in [0.1, 0.15) is 9.67 Å². The molecular weight excluding hydrogens is 343 g/mol. The van der Waals surface area contributed by atoms with Crippen molar-refractivity contribution in [1.29, 1.82) is 0 Å². The van der Waals surface area contributed by atoms with E-state index in [9.17, 15) is 9.18 Å². The fourth-order valence-corrected chi connectivity index (χ4v) is 2.97. The molecule has 6 heteroatoms. The molecular formula is C14H8BrFN2OS. The monoisotopic (exact) mass is 350 g/mol. The fourth-order valence-electron chi connectivity index (χ4n) is 1.77. The summed E-state index contributed by atoms with van der Waals surface area (Å²) < 4.78 is 15.1. The maximum atomic E-state index is 13.5. The zero-order valence-electron chi connectivity index (χ0n) is 10.1. The van der Waals surface area contributed by atoms with Crippen molar-refractivity contribution in [2.45, 2.75) is 0 Å². The lowest BCUT2D eigenvalue weighted by molar-refractivity contribution is 0.103. The van der Waals surface area contributed by atoms with Crippen LogP contribution in [0.15, 0.2) is 47.2 Å². The molecule has 0 aliphatic carbocycles. The van der Waals surface area contributed by atoms with Gasteiger partial charge in [0.15, 0.2) is 0 Å². The second kappa shape index (κ2) is 5.30. The van der Waals surface area contributed by atoms with Crippen LogP contribution in [0.25, 0.3) is 10.1 Å². The van der Waals surface area contributed by atoms with Gasteiger partial charge in [-0.15, -0.1) is 11.3 Å². The first-order chi connectivity index (χ1) is 9.63. The van der Waals surface area contributed by atoms with Crippen LogP contribution in [-0.2, 0) is 0 Å². The largest absolute Gasteiger partial charge is 0.321 e. The second-order valence-electron chi connectivity index (χ2n) is 4.10. The van der Waals surface area contributed by atoms with Gasteiger partial charge in [-0.25, -0.2) is 4.39 Å². The van der Waals surface area contributed by atoms with Gasteiger partial charge in [-0.1, -0.05) is 15.9 Å². The number of rotatable bonds is 2. The van der Waals surface area contributed by atoms with E-state index >= 15 is 0 Å². The van der Waals surface area contributed by atoms with E-state index in [4.69, 9.17) is 0 Å². The highest BCUT2D eigenvalue weighted by Gasteiger charge is 2.13. The Kier molecular flexibility index (Phi) is 3.50. The smallest absolute Gasteiger partial charge is 0.265 e. The number of hydrogen-bond acceptors (Lipinski definition) is 3. The van der Waals surface area contributed by atoms with E-state index in [1.165, 1.54) is 11.3 Å².